The van der Waals surface area contributed by atoms with E-state index in [9.17, 15) is 4.79 Å². The fourth-order valence-electron chi connectivity index (χ4n) is 3.15. The molecule has 3 nitrogen and oxygen atoms in total. The van der Waals surface area contributed by atoms with E-state index in [0.717, 1.165) is 6.29 Å². The van der Waals surface area contributed by atoms with Crippen molar-refractivity contribution in [1.82, 2.24) is 0 Å². The molecule has 0 amide bonds. The molecule has 2 N–H and O–H groups in total. The van der Waals surface area contributed by atoms with Crippen molar-refractivity contribution in [3.8, 4) is 0 Å². The van der Waals surface area contributed by atoms with E-state index in [0.29, 0.717) is 6.16 Å². The minimum Gasteiger partial charge on any atom is -0.394 e. The van der Waals surface area contributed by atoms with Gasteiger partial charge >= 0.3 is 131 Å². The Kier molecular flexibility index (Phi) is 10.8. The van der Waals surface area contributed by atoms with Crippen LogP contribution in [0.25, 0.3) is 0 Å². The molecule has 0 spiro atoms. The van der Waals surface area contributed by atoms with Gasteiger partial charge in [0, 0.05) is 0 Å². The monoisotopic (exact) mass is 448 g/mol. The topological polar surface area (TPSA) is 57.5 Å². The van der Waals surface area contributed by atoms with Crippen molar-refractivity contribution in [2.45, 2.75) is 0 Å². The van der Waals surface area contributed by atoms with Crippen LogP contribution >= 0.6 is 24.2 Å². The first-order valence-electron chi connectivity index (χ1n) is 8.61. The van der Waals surface area contributed by atoms with Gasteiger partial charge in [0.1, 0.15) is 0 Å². The van der Waals surface area contributed by atoms with Gasteiger partial charge in [-0.2, -0.15) is 0 Å². The number of aliphatic hydroxyl groups excluding tert-OH is 2. The predicted octanol–water partition coefficient (Wildman–Crippen LogP) is 2.46. The van der Waals surface area contributed by atoms with Gasteiger partial charge in [-0.3, -0.25) is 0 Å². The Morgan fingerprint density at radius 2 is 0.926 bits per heavy atom. The summed E-state index contributed by atoms with van der Waals surface area (Å²) in [5.41, 5.74) is 0. The summed E-state index contributed by atoms with van der Waals surface area (Å²) in [5, 5.41) is 19.1. The fraction of sp³-hybridized carbons (Fsp3) is 0.136. The molecule has 144 valence electrons. The van der Waals surface area contributed by atoms with Crippen LogP contribution in [0.3, 0.4) is 0 Å². The number of carbonyl (C=O) groups is 1. The van der Waals surface area contributed by atoms with Gasteiger partial charge in [-0.15, -0.1) is 17.0 Å². The third-order valence-electron chi connectivity index (χ3n) is 4.29. The smallest absolute Gasteiger partial charge is 0.0662 e. The largest absolute Gasteiger partial charge is 0.394 e. The second-order valence-electron chi connectivity index (χ2n) is 5.82. The molecule has 0 atom stereocenters. The third-order valence-corrected chi connectivity index (χ3v) is 9.03. The van der Waals surface area contributed by atoms with E-state index < -0.39 is 7.26 Å². The molecule has 3 aromatic rings. The number of hydrogen-bond donors (Lipinski definition) is 2. The van der Waals surface area contributed by atoms with Gasteiger partial charge in [-0.25, -0.2) is 0 Å². The summed E-state index contributed by atoms with van der Waals surface area (Å²) in [6.07, 6.45) is 1.64. The quantitative estimate of drug-likeness (QED) is 0.449. The van der Waals surface area contributed by atoms with E-state index in [1.54, 1.807) is 0 Å². The molecule has 3 aromatic carbocycles. The molecule has 0 aromatic heterocycles. The van der Waals surface area contributed by atoms with E-state index >= 15 is 0 Å². The zero-order valence-electron chi connectivity index (χ0n) is 15.1. The molecule has 3 rings (SSSR count). The molecular formula is C22H26BrO3P. The van der Waals surface area contributed by atoms with Crippen molar-refractivity contribution < 1.29 is 15.0 Å². The number of aldehydes is 1. The molecule has 0 aliphatic rings. The van der Waals surface area contributed by atoms with E-state index in [2.05, 4.69) is 72.8 Å². The Labute approximate surface area is 171 Å². The number of hydrogen-bond acceptors (Lipinski definition) is 3. The molecule has 27 heavy (non-hydrogen) atoms. The Hall–Kier alpha value is -1.84. The first kappa shape index (κ1) is 23.2. The number of carbonyl (C=O) groups excluding carboxylic acids is 1. The minimum atomic E-state index is -2.29. The van der Waals surface area contributed by atoms with Crippen LogP contribution in [0.5, 0.6) is 0 Å². The second kappa shape index (κ2) is 12.5. The summed E-state index contributed by atoms with van der Waals surface area (Å²) in [4.78, 5) is 11.6. The van der Waals surface area contributed by atoms with Gasteiger partial charge < -0.3 is 10.2 Å². The molecule has 5 heteroatoms. The van der Waals surface area contributed by atoms with E-state index in [-0.39, 0.29) is 30.2 Å². The Bertz CT molecular complexity index is 669. The van der Waals surface area contributed by atoms with Crippen LogP contribution in [0.2, 0.25) is 0 Å². The van der Waals surface area contributed by atoms with Gasteiger partial charge in [0.15, 0.2) is 0 Å². The molecule has 0 saturated carbocycles. The van der Waals surface area contributed by atoms with Crippen molar-refractivity contribution in [2.75, 3.05) is 19.4 Å². The van der Waals surface area contributed by atoms with Crippen LogP contribution in [0.15, 0.2) is 91.0 Å². The summed E-state index contributed by atoms with van der Waals surface area (Å²) in [5.74, 6) is 0. The van der Waals surface area contributed by atoms with Crippen LogP contribution in [0, 0.1) is 0 Å². The first-order chi connectivity index (χ1) is 12.8. The molecule has 0 unspecified atom stereocenters. The van der Waals surface area contributed by atoms with Crippen molar-refractivity contribution in [2.24, 2.45) is 0 Å². The number of halogens is 1. The van der Waals surface area contributed by atoms with Crippen molar-refractivity contribution >= 4 is 46.4 Å². The van der Waals surface area contributed by atoms with Gasteiger partial charge in [0.2, 0.25) is 0 Å². The normalized spacial score (nSPS) is 10.7. The van der Waals surface area contributed by atoms with Crippen molar-refractivity contribution in [3.63, 3.8) is 0 Å². The summed E-state index contributed by atoms with van der Waals surface area (Å²) in [7, 11) is -2.29. The van der Waals surface area contributed by atoms with E-state index in [1.165, 1.54) is 15.9 Å². The van der Waals surface area contributed by atoms with Gasteiger partial charge in [-0.1, -0.05) is 0 Å². The van der Waals surface area contributed by atoms with Crippen LogP contribution < -0.4 is 15.9 Å². The summed E-state index contributed by atoms with van der Waals surface area (Å²) >= 11 is 0. The molecule has 0 bridgehead atoms. The molecule has 0 aliphatic carbocycles. The van der Waals surface area contributed by atoms with Crippen molar-refractivity contribution in [3.05, 3.63) is 91.0 Å². The molecule has 0 fully saturated rings. The predicted molar refractivity (Wildman–Crippen MR) is 122 cm³/mol. The Morgan fingerprint density at radius 1 is 0.630 bits per heavy atom. The van der Waals surface area contributed by atoms with E-state index in [4.69, 9.17) is 10.2 Å². The molecule has 0 saturated heterocycles. The molecular weight excluding hydrogens is 423 g/mol. The molecule has 0 aliphatic heterocycles. The second-order valence-corrected chi connectivity index (χ2v) is 9.77. The Morgan fingerprint density at radius 3 is 1.15 bits per heavy atom. The average molecular weight is 449 g/mol. The SMILES string of the molecule is Br.O=CC[PH](c1ccccc1)(c1ccccc1)c1ccccc1.OCCO. The van der Waals surface area contributed by atoms with Crippen LogP contribution in [-0.4, -0.2) is 35.9 Å². The zero-order valence-corrected chi connectivity index (χ0v) is 17.8. The fourth-order valence-corrected chi connectivity index (χ4v) is 7.39. The van der Waals surface area contributed by atoms with Crippen molar-refractivity contribution in [1.29, 1.82) is 0 Å². The standard InChI is InChI=1S/C20H19OP.C2H6O2.BrH/c21-16-17-22(18-10-4-1-5-11-18,19-12-6-2-7-13-19)20-14-8-3-9-15-20;3-1-2-4;/h1-16,22H,17H2;3-4H,1-2H2;1H. The van der Waals surface area contributed by atoms with Crippen LogP contribution in [0.4, 0.5) is 0 Å². The molecule has 0 radical (unpaired) electrons. The Balaban J connectivity index is 0.000000666. The number of rotatable bonds is 6. The number of aliphatic hydroxyl groups is 2. The maximum absolute atomic E-state index is 11.6. The van der Waals surface area contributed by atoms with E-state index in [1.807, 2.05) is 18.2 Å². The van der Waals surface area contributed by atoms with Gasteiger partial charge in [0.25, 0.3) is 0 Å². The zero-order chi connectivity index (χ0) is 18.7. The van der Waals surface area contributed by atoms with Crippen LogP contribution in [0.1, 0.15) is 0 Å². The minimum absolute atomic E-state index is 0. The summed E-state index contributed by atoms with van der Waals surface area (Å²) in [6.45, 7) is -0.250. The summed E-state index contributed by atoms with van der Waals surface area (Å²) in [6, 6.07) is 31.4. The maximum Gasteiger partial charge on any atom is 0.0662 e. The first-order valence-corrected chi connectivity index (χ1v) is 10.8. The van der Waals surface area contributed by atoms with Crippen LogP contribution in [-0.2, 0) is 4.79 Å². The number of benzene rings is 3. The van der Waals surface area contributed by atoms with Gasteiger partial charge in [-0.05, 0) is 0 Å². The third kappa shape index (κ3) is 5.82. The average Bonchev–Trinajstić information content (AvgIpc) is 2.74. The van der Waals surface area contributed by atoms with Gasteiger partial charge in [0.05, 0.1) is 13.2 Å². The summed E-state index contributed by atoms with van der Waals surface area (Å²) < 4.78 is 0. The maximum atomic E-state index is 11.6. The molecule has 0 heterocycles.